The predicted octanol–water partition coefficient (Wildman–Crippen LogP) is 1.82. The molecule has 0 bridgehead atoms. The average Bonchev–Trinajstić information content (AvgIpc) is 2.46. The first-order chi connectivity index (χ1) is 9.63. The van der Waals surface area contributed by atoms with Gasteiger partial charge >= 0.3 is 0 Å². The largest absolute Gasteiger partial charge is 0.484 e. The van der Waals surface area contributed by atoms with Crippen LogP contribution >= 0.6 is 0 Å². The van der Waals surface area contributed by atoms with E-state index < -0.39 is 0 Å². The first-order valence-electron chi connectivity index (χ1n) is 6.97. The minimum absolute atomic E-state index is 0.0129. The van der Waals surface area contributed by atoms with E-state index in [0.717, 1.165) is 11.3 Å². The fraction of sp³-hybridized carbons (Fsp3) is 0.467. The van der Waals surface area contributed by atoms with Gasteiger partial charge in [-0.25, -0.2) is 0 Å². The van der Waals surface area contributed by atoms with Crippen LogP contribution in [0.25, 0.3) is 0 Å². The highest BCUT2D eigenvalue weighted by Gasteiger charge is 2.16. The zero-order valence-electron chi connectivity index (χ0n) is 11.9. The lowest BCUT2D eigenvalue weighted by Gasteiger charge is -2.20. The molecule has 5 nitrogen and oxygen atoms in total. The second-order valence-corrected chi connectivity index (χ2v) is 4.72. The summed E-state index contributed by atoms with van der Waals surface area (Å²) in [6.07, 6.45) is 1.21. The number of carbonyl (C=O) groups is 2. The number of nitrogens with zero attached hydrogens (tertiary/aromatic N) is 1. The van der Waals surface area contributed by atoms with E-state index in [0.29, 0.717) is 31.7 Å². The number of likely N-dealkylation sites (N-methyl/N-ethyl adjacent to an activating group) is 1. The summed E-state index contributed by atoms with van der Waals surface area (Å²) in [4.78, 5) is 24.9. The van der Waals surface area contributed by atoms with Gasteiger partial charge in [-0.05, 0) is 44.0 Å². The van der Waals surface area contributed by atoms with Gasteiger partial charge in [0.15, 0.2) is 6.61 Å². The molecule has 108 valence electrons. The summed E-state index contributed by atoms with van der Waals surface area (Å²) in [5.41, 5.74) is 1.89. The number of anilines is 1. The molecule has 0 unspecified atom stereocenters. The Hall–Kier alpha value is -2.04. The molecule has 1 aliphatic heterocycles. The quantitative estimate of drug-likeness (QED) is 0.892. The molecule has 0 fully saturated rings. The predicted molar refractivity (Wildman–Crippen MR) is 76.8 cm³/mol. The number of hydrogen-bond acceptors (Lipinski definition) is 3. The highest BCUT2D eigenvalue weighted by molar-refractivity contribution is 5.94. The lowest BCUT2D eigenvalue weighted by molar-refractivity contribution is -0.133. The molecule has 1 aliphatic rings. The van der Waals surface area contributed by atoms with Gasteiger partial charge in [-0.3, -0.25) is 9.59 Å². The van der Waals surface area contributed by atoms with Gasteiger partial charge in [-0.1, -0.05) is 0 Å². The minimum Gasteiger partial charge on any atom is -0.484 e. The van der Waals surface area contributed by atoms with Crippen molar-refractivity contribution in [3.63, 3.8) is 0 Å². The molecule has 2 amide bonds. The van der Waals surface area contributed by atoms with Crippen LogP contribution in [-0.2, 0) is 16.0 Å². The molecule has 1 N–H and O–H groups in total. The Balaban J connectivity index is 1.97. The van der Waals surface area contributed by atoms with Crippen LogP contribution in [0.5, 0.6) is 5.75 Å². The summed E-state index contributed by atoms with van der Waals surface area (Å²) < 4.78 is 5.54. The lowest BCUT2D eigenvalue weighted by atomic mass is 10.0. The van der Waals surface area contributed by atoms with Gasteiger partial charge in [-0.15, -0.1) is 0 Å². The van der Waals surface area contributed by atoms with Crippen molar-refractivity contribution < 1.29 is 14.3 Å². The van der Waals surface area contributed by atoms with Crippen molar-refractivity contribution in [2.75, 3.05) is 25.0 Å². The maximum atomic E-state index is 11.9. The Bertz CT molecular complexity index is 510. The molecule has 20 heavy (non-hydrogen) atoms. The third kappa shape index (κ3) is 3.29. The zero-order valence-corrected chi connectivity index (χ0v) is 11.9. The summed E-state index contributed by atoms with van der Waals surface area (Å²) >= 11 is 0. The topological polar surface area (TPSA) is 58.6 Å². The Morgan fingerprint density at radius 3 is 2.75 bits per heavy atom. The minimum atomic E-state index is -0.0129. The first kappa shape index (κ1) is 14.4. The SMILES string of the molecule is CCN(CC)C(=O)COc1ccc2c(c1)CCC(=O)N2. The third-order valence-corrected chi connectivity index (χ3v) is 3.45. The maximum Gasteiger partial charge on any atom is 0.260 e. The monoisotopic (exact) mass is 276 g/mol. The van der Waals surface area contributed by atoms with Crippen LogP contribution in [-0.4, -0.2) is 36.4 Å². The highest BCUT2D eigenvalue weighted by atomic mass is 16.5. The fourth-order valence-corrected chi connectivity index (χ4v) is 2.26. The molecule has 2 rings (SSSR count). The van der Waals surface area contributed by atoms with Crippen LogP contribution in [0, 0.1) is 0 Å². The molecule has 5 heteroatoms. The molecule has 0 atom stereocenters. The van der Waals surface area contributed by atoms with Crippen molar-refractivity contribution in [1.82, 2.24) is 4.90 Å². The smallest absolute Gasteiger partial charge is 0.260 e. The number of nitrogens with one attached hydrogen (secondary N) is 1. The van der Waals surface area contributed by atoms with E-state index >= 15 is 0 Å². The van der Waals surface area contributed by atoms with Gasteiger partial charge in [0, 0.05) is 25.2 Å². The van der Waals surface area contributed by atoms with Gasteiger partial charge in [0.2, 0.25) is 5.91 Å². The second-order valence-electron chi connectivity index (χ2n) is 4.72. The van der Waals surface area contributed by atoms with Crippen molar-refractivity contribution in [1.29, 1.82) is 0 Å². The Morgan fingerprint density at radius 2 is 2.05 bits per heavy atom. The van der Waals surface area contributed by atoms with Crippen molar-refractivity contribution >= 4 is 17.5 Å². The number of hydrogen-bond donors (Lipinski definition) is 1. The molecule has 1 aromatic carbocycles. The van der Waals surface area contributed by atoms with Crippen molar-refractivity contribution in [2.24, 2.45) is 0 Å². The molecular formula is C15H20N2O3. The van der Waals surface area contributed by atoms with E-state index in [4.69, 9.17) is 4.74 Å². The molecule has 0 spiro atoms. The highest BCUT2D eigenvalue weighted by Crippen LogP contribution is 2.26. The molecule has 0 saturated carbocycles. The van der Waals surface area contributed by atoms with Crippen LogP contribution in [0.3, 0.4) is 0 Å². The van der Waals surface area contributed by atoms with Gasteiger partial charge in [0.1, 0.15) is 5.75 Å². The van der Waals surface area contributed by atoms with Gasteiger partial charge in [0.25, 0.3) is 5.91 Å². The Kier molecular flexibility index (Phi) is 4.61. The molecule has 1 heterocycles. The van der Waals surface area contributed by atoms with E-state index in [2.05, 4.69) is 5.32 Å². The summed E-state index contributed by atoms with van der Waals surface area (Å²) in [5.74, 6) is 0.698. The third-order valence-electron chi connectivity index (χ3n) is 3.45. The first-order valence-corrected chi connectivity index (χ1v) is 6.97. The van der Waals surface area contributed by atoms with Crippen LogP contribution in [0.2, 0.25) is 0 Å². The van der Waals surface area contributed by atoms with Crippen LogP contribution in [0.15, 0.2) is 18.2 Å². The molecule has 0 aromatic heterocycles. The summed E-state index contributed by atoms with van der Waals surface area (Å²) in [6, 6.07) is 5.49. The van der Waals surface area contributed by atoms with E-state index in [-0.39, 0.29) is 18.4 Å². The van der Waals surface area contributed by atoms with E-state index in [1.54, 1.807) is 11.0 Å². The number of amides is 2. The molecule has 0 aliphatic carbocycles. The zero-order chi connectivity index (χ0) is 14.5. The number of fused-ring (bicyclic) bond motifs is 1. The summed E-state index contributed by atoms with van der Waals surface area (Å²) in [6.45, 7) is 5.32. The molecule has 1 aromatic rings. The Labute approximate surface area is 118 Å². The number of benzene rings is 1. The Morgan fingerprint density at radius 1 is 1.30 bits per heavy atom. The van der Waals surface area contributed by atoms with Crippen molar-refractivity contribution in [3.05, 3.63) is 23.8 Å². The van der Waals surface area contributed by atoms with E-state index in [9.17, 15) is 9.59 Å². The molecule has 0 saturated heterocycles. The standard InChI is InChI=1S/C15H20N2O3/c1-3-17(4-2)15(19)10-20-12-6-7-13-11(9-12)5-8-14(18)16-13/h6-7,9H,3-5,8,10H2,1-2H3,(H,16,18). The van der Waals surface area contributed by atoms with Crippen LogP contribution in [0.1, 0.15) is 25.8 Å². The molecular weight excluding hydrogens is 256 g/mol. The van der Waals surface area contributed by atoms with Crippen molar-refractivity contribution in [2.45, 2.75) is 26.7 Å². The van der Waals surface area contributed by atoms with E-state index in [1.165, 1.54) is 0 Å². The normalized spacial score (nSPS) is 13.4. The number of carbonyl (C=O) groups excluding carboxylic acids is 2. The molecule has 0 radical (unpaired) electrons. The van der Waals surface area contributed by atoms with E-state index in [1.807, 2.05) is 26.0 Å². The number of rotatable bonds is 5. The average molecular weight is 276 g/mol. The fourth-order valence-electron chi connectivity index (χ4n) is 2.26. The van der Waals surface area contributed by atoms with Crippen LogP contribution < -0.4 is 10.1 Å². The lowest BCUT2D eigenvalue weighted by Crippen LogP contribution is -2.34. The summed E-state index contributed by atoms with van der Waals surface area (Å²) in [5, 5.41) is 2.82. The van der Waals surface area contributed by atoms with Crippen molar-refractivity contribution in [3.8, 4) is 5.75 Å². The number of aryl methyl sites for hydroxylation is 1. The van der Waals surface area contributed by atoms with Crippen LogP contribution in [0.4, 0.5) is 5.69 Å². The maximum absolute atomic E-state index is 11.9. The van der Waals surface area contributed by atoms with Gasteiger partial charge < -0.3 is 15.0 Å². The van der Waals surface area contributed by atoms with Gasteiger partial charge in [-0.2, -0.15) is 0 Å². The van der Waals surface area contributed by atoms with Gasteiger partial charge in [0.05, 0.1) is 0 Å². The summed E-state index contributed by atoms with van der Waals surface area (Å²) in [7, 11) is 0. The number of ether oxygens (including phenoxy) is 1. The second kappa shape index (κ2) is 6.41.